The maximum Gasteiger partial charge on any atom is 0.276 e. The van der Waals surface area contributed by atoms with Gasteiger partial charge in [-0.2, -0.15) is 0 Å². The molecule has 1 atom stereocenters. The highest BCUT2D eigenvalue weighted by molar-refractivity contribution is 7.80. The summed E-state index contributed by atoms with van der Waals surface area (Å²) in [7, 11) is 3.17. The van der Waals surface area contributed by atoms with Gasteiger partial charge in [0.1, 0.15) is 17.2 Å². The van der Waals surface area contributed by atoms with E-state index in [9.17, 15) is 4.79 Å². The van der Waals surface area contributed by atoms with E-state index in [-0.39, 0.29) is 12.0 Å². The molecule has 0 aliphatic carbocycles. The van der Waals surface area contributed by atoms with Crippen LogP contribution < -0.4 is 14.8 Å². The van der Waals surface area contributed by atoms with Gasteiger partial charge in [0.2, 0.25) is 0 Å². The highest BCUT2D eigenvalue weighted by atomic mass is 32.1. The smallest absolute Gasteiger partial charge is 0.276 e. The van der Waals surface area contributed by atoms with Gasteiger partial charge in [0.05, 0.1) is 26.9 Å². The Bertz CT molecular complexity index is 683. The number of methoxy groups -OCH3 is 2. The molecule has 0 unspecified atom stereocenters. The van der Waals surface area contributed by atoms with Crippen molar-refractivity contribution in [3.8, 4) is 11.5 Å². The minimum atomic E-state index is -0.145. The van der Waals surface area contributed by atoms with Crippen LogP contribution in [0.15, 0.2) is 23.9 Å². The van der Waals surface area contributed by atoms with Crippen molar-refractivity contribution in [2.24, 2.45) is 0 Å². The molecule has 128 valence electrons. The van der Waals surface area contributed by atoms with Crippen molar-refractivity contribution >= 4 is 29.3 Å². The highest BCUT2D eigenvalue weighted by Gasteiger charge is 2.33. The third kappa shape index (κ3) is 3.37. The van der Waals surface area contributed by atoms with Crippen LogP contribution in [0.25, 0.3) is 6.08 Å². The molecule has 7 heteroatoms. The van der Waals surface area contributed by atoms with Crippen LogP contribution >= 0.6 is 12.2 Å². The molecule has 0 bridgehead atoms. The summed E-state index contributed by atoms with van der Waals surface area (Å²) in [6.07, 6.45) is 3.78. The number of amides is 1. The Kier molecular flexibility index (Phi) is 5.01. The van der Waals surface area contributed by atoms with Crippen molar-refractivity contribution in [3.05, 3.63) is 29.5 Å². The fourth-order valence-electron chi connectivity index (χ4n) is 2.82. The Balaban J connectivity index is 1.80. The lowest BCUT2D eigenvalue weighted by atomic mass is 10.1. The van der Waals surface area contributed by atoms with E-state index in [2.05, 4.69) is 5.32 Å². The molecular formula is C17H20N2O4S. The Morgan fingerprint density at radius 2 is 2.25 bits per heavy atom. The van der Waals surface area contributed by atoms with Gasteiger partial charge >= 0.3 is 0 Å². The fourth-order valence-corrected chi connectivity index (χ4v) is 3.09. The van der Waals surface area contributed by atoms with Gasteiger partial charge in [-0.3, -0.25) is 9.69 Å². The Labute approximate surface area is 146 Å². The van der Waals surface area contributed by atoms with Gasteiger partial charge in [0.25, 0.3) is 5.91 Å². The van der Waals surface area contributed by atoms with Crippen molar-refractivity contribution in [3.63, 3.8) is 0 Å². The maximum atomic E-state index is 12.6. The monoisotopic (exact) mass is 348 g/mol. The Morgan fingerprint density at radius 1 is 1.42 bits per heavy atom. The maximum absolute atomic E-state index is 12.6. The molecule has 2 aliphatic rings. The molecule has 3 rings (SSSR count). The minimum Gasteiger partial charge on any atom is -0.497 e. The molecule has 1 aromatic carbocycles. The Hall–Kier alpha value is -2.12. The summed E-state index contributed by atoms with van der Waals surface area (Å²) in [5.74, 6) is 1.17. The number of benzene rings is 1. The second-order valence-electron chi connectivity index (χ2n) is 5.65. The van der Waals surface area contributed by atoms with Crippen molar-refractivity contribution in [2.75, 3.05) is 27.4 Å². The highest BCUT2D eigenvalue weighted by Crippen LogP contribution is 2.27. The van der Waals surface area contributed by atoms with Crippen molar-refractivity contribution in [1.82, 2.24) is 10.2 Å². The van der Waals surface area contributed by atoms with Gasteiger partial charge in [0, 0.05) is 18.2 Å². The summed E-state index contributed by atoms with van der Waals surface area (Å²) < 4.78 is 16.1. The number of carbonyl (C=O) groups excluding carboxylic acids is 1. The van der Waals surface area contributed by atoms with Crippen LogP contribution in [0.1, 0.15) is 18.4 Å². The summed E-state index contributed by atoms with van der Waals surface area (Å²) in [6, 6.07) is 5.43. The van der Waals surface area contributed by atoms with Crippen molar-refractivity contribution < 1.29 is 19.0 Å². The second-order valence-corrected chi connectivity index (χ2v) is 6.03. The average molecular weight is 348 g/mol. The zero-order valence-corrected chi connectivity index (χ0v) is 14.5. The molecule has 2 fully saturated rings. The number of ether oxygens (including phenoxy) is 3. The van der Waals surface area contributed by atoms with Gasteiger partial charge in [-0.05, 0) is 43.3 Å². The first-order valence-corrected chi connectivity index (χ1v) is 8.21. The number of carbonyl (C=O) groups is 1. The number of hydrogen-bond donors (Lipinski definition) is 1. The van der Waals surface area contributed by atoms with E-state index in [4.69, 9.17) is 26.4 Å². The molecule has 24 heavy (non-hydrogen) atoms. The van der Waals surface area contributed by atoms with E-state index >= 15 is 0 Å². The Morgan fingerprint density at radius 3 is 2.92 bits per heavy atom. The van der Waals surface area contributed by atoms with Gasteiger partial charge < -0.3 is 19.5 Å². The minimum absolute atomic E-state index is 0.0589. The largest absolute Gasteiger partial charge is 0.497 e. The predicted molar refractivity (Wildman–Crippen MR) is 93.9 cm³/mol. The van der Waals surface area contributed by atoms with Crippen LogP contribution in [0.3, 0.4) is 0 Å². The number of nitrogens with one attached hydrogen (secondary N) is 1. The number of thiocarbonyl (C=S) groups is 1. The molecule has 2 saturated heterocycles. The lowest BCUT2D eigenvalue weighted by Gasteiger charge is -2.18. The lowest BCUT2D eigenvalue weighted by molar-refractivity contribution is -0.123. The van der Waals surface area contributed by atoms with Crippen LogP contribution in [-0.2, 0) is 9.53 Å². The number of rotatable bonds is 5. The first-order valence-electron chi connectivity index (χ1n) is 7.80. The zero-order chi connectivity index (χ0) is 17.1. The summed E-state index contributed by atoms with van der Waals surface area (Å²) >= 11 is 5.29. The molecular weight excluding hydrogens is 328 g/mol. The zero-order valence-electron chi connectivity index (χ0n) is 13.7. The van der Waals surface area contributed by atoms with Gasteiger partial charge in [-0.25, -0.2) is 0 Å². The molecule has 1 N–H and O–H groups in total. The first kappa shape index (κ1) is 16.7. The molecule has 0 aromatic heterocycles. The van der Waals surface area contributed by atoms with Gasteiger partial charge in [-0.1, -0.05) is 0 Å². The average Bonchev–Trinajstić information content (AvgIpc) is 3.19. The van der Waals surface area contributed by atoms with E-state index in [1.54, 1.807) is 31.3 Å². The molecule has 1 aromatic rings. The molecule has 6 nitrogen and oxygen atoms in total. The predicted octanol–water partition coefficient (Wildman–Crippen LogP) is 1.94. The third-order valence-corrected chi connectivity index (χ3v) is 4.44. The van der Waals surface area contributed by atoms with Crippen LogP contribution in [0.4, 0.5) is 0 Å². The van der Waals surface area contributed by atoms with Crippen LogP contribution in [-0.4, -0.2) is 49.4 Å². The summed E-state index contributed by atoms with van der Waals surface area (Å²) in [5, 5.41) is 3.39. The van der Waals surface area contributed by atoms with Crippen LogP contribution in [0.5, 0.6) is 11.5 Å². The van der Waals surface area contributed by atoms with E-state index in [0.29, 0.717) is 28.9 Å². The quantitative estimate of drug-likeness (QED) is 0.648. The van der Waals surface area contributed by atoms with Crippen molar-refractivity contribution in [1.29, 1.82) is 0 Å². The summed E-state index contributed by atoms with van der Waals surface area (Å²) in [4.78, 5) is 14.2. The van der Waals surface area contributed by atoms with E-state index < -0.39 is 0 Å². The second kappa shape index (κ2) is 7.19. The molecule has 0 radical (unpaired) electrons. The third-order valence-electron chi connectivity index (χ3n) is 4.11. The van der Waals surface area contributed by atoms with Crippen LogP contribution in [0.2, 0.25) is 0 Å². The van der Waals surface area contributed by atoms with Crippen LogP contribution in [0, 0.1) is 0 Å². The summed E-state index contributed by atoms with van der Waals surface area (Å²) in [5.41, 5.74) is 1.21. The molecule has 2 aliphatic heterocycles. The van der Waals surface area contributed by atoms with E-state index in [1.165, 1.54) is 0 Å². The standard InChI is InChI=1S/C17H20N2O4S/c1-21-12-6-5-11(15(9-12)22-2)8-14-16(20)19(17(24)18-14)10-13-4-3-7-23-13/h5-6,8-9,13H,3-4,7,10H2,1-2H3,(H,18,24)/b14-8+/t13-/m0/s1. The number of hydrogen-bond acceptors (Lipinski definition) is 5. The van der Waals surface area contributed by atoms with E-state index in [1.807, 2.05) is 12.1 Å². The molecule has 0 spiro atoms. The summed E-state index contributed by atoms with van der Waals surface area (Å²) in [6.45, 7) is 1.24. The van der Waals surface area contributed by atoms with Gasteiger partial charge in [-0.15, -0.1) is 0 Å². The SMILES string of the molecule is COc1ccc(/C=C2/NC(=S)N(C[C@@H]3CCCO3)C2=O)c(OC)c1. The van der Waals surface area contributed by atoms with E-state index in [0.717, 1.165) is 25.0 Å². The molecule has 2 heterocycles. The number of nitrogens with zero attached hydrogens (tertiary/aromatic N) is 1. The van der Waals surface area contributed by atoms with Gasteiger partial charge in [0.15, 0.2) is 5.11 Å². The topological polar surface area (TPSA) is 60.0 Å². The fraction of sp³-hybridized carbons (Fsp3) is 0.412. The molecule has 0 saturated carbocycles. The normalized spacial score (nSPS) is 22.2. The molecule has 1 amide bonds. The first-order chi connectivity index (χ1) is 11.6. The lowest BCUT2D eigenvalue weighted by Crippen LogP contribution is -2.37. The van der Waals surface area contributed by atoms with Crippen molar-refractivity contribution in [2.45, 2.75) is 18.9 Å².